The molecule has 0 aromatic heterocycles. The molecule has 84 valence electrons. The maximum Gasteiger partial charge on any atom is 0.456 e. The fraction of sp³-hybridized carbons (Fsp3) is 0.875. The number of unbranched alkanes of at least 4 members (excludes halogenated alkanes) is 1. The van der Waals surface area contributed by atoms with Gasteiger partial charge in [-0.05, 0) is 6.42 Å². The van der Waals surface area contributed by atoms with Gasteiger partial charge in [-0.2, -0.15) is 8.78 Å². The van der Waals surface area contributed by atoms with Crippen molar-refractivity contribution in [1.29, 1.82) is 0 Å². The van der Waals surface area contributed by atoms with E-state index in [1.807, 2.05) is 6.92 Å². The van der Waals surface area contributed by atoms with Crippen molar-refractivity contribution >= 4 is 5.97 Å². The predicted molar refractivity (Wildman–Crippen MR) is 44.3 cm³/mol. The van der Waals surface area contributed by atoms with E-state index in [2.05, 4.69) is 4.74 Å². The minimum atomic E-state index is -4.12. The number of carboxylic acid groups (broad SMARTS) is 1. The van der Waals surface area contributed by atoms with Crippen LogP contribution in [0.4, 0.5) is 8.78 Å². The second-order valence-corrected chi connectivity index (χ2v) is 2.64. The molecule has 6 heteroatoms. The first kappa shape index (κ1) is 13.2. The quantitative estimate of drug-likeness (QED) is 0.619. The zero-order valence-corrected chi connectivity index (χ0v) is 7.96. The van der Waals surface area contributed by atoms with Gasteiger partial charge in [0.25, 0.3) is 0 Å². The first-order valence-electron chi connectivity index (χ1n) is 4.33. The molecule has 0 aliphatic carbocycles. The molecule has 0 unspecified atom stereocenters. The van der Waals surface area contributed by atoms with Crippen molar-refractivity contribution in [3.8, 4) is 0 Å². The second kappa shape index (κ2) is 6.67. The molecule has 0 heterocycles. The largest absolute Gasteiger partial charge is 0.475 e. The maximum absolute atomic E-state index is 12.2. The van der Waals surface area contributed by atoms with Crippen LogP contribution in [0.2, 0.25) is 0 Å². The monoisotopic (exact) mass is 212 g/mol. The Kier molecular flexibility index (Phi) is 6.31. The highest BCUT2D eigenvalue weighted by Gasteiger charge is 2.40. The zero-order valence-electron chi connectivity index (χ0n) is 7.96. The average Bonchev–Trinajstić information content (AvgIpc) is 2.10. The van der Waals surface area contributed by atoms with Crippen LogP contribution < -0.4 is 0 Å². The average molecular weight is 212 g/mol. The molecular weight excluding hydrogens is 198 g/mol. The highest BCUT2D eigenvalue weighted by Crippen LogP contribution is 2.14. The Morgan fingerprint density at radius 3 is 2.50 bits per heavy atom. The molecular formula is C8H14F2O4. The molecule has 14 heavy (non-hydrogen) atoms. The third-order valence-electron chi connectivity index (χ3n) is 1.40. The summed E-state index contributed by atoms with van der Waals surface area (Å²) in [5.74, 6) is -2.29. The van der Waals surface area contributed by atoms with E-state index in [4.69, 9.17) is 9.84 Å². The van der Waals surface area contributed by atoms with Crippen molar-refractivity contribution in [2.24, 2.45) is 0 Å². The lowest BCUT2D eigenvalue weighted by Gasteiger charge is -2.11. The van der Waals surface area contributed by atoms with E-state index >= 15 is 0 Å². The third kappa shape index (κ3) is 5.82. The number of carbonyl (C=O) groups is 1. The van der Waals surface area contributed by atoms with Crippen molar-refractivity contribution in [3.63, 3.8) is 0 Å². The fourth-order valence-electron chi connectivity index (χ4n) is 0.639. The number of aliphatic carboxylic acids is 1. The molecule has 0 fully saturated rings. The molecule has 0 bridgehead atoms. The minimum Gasteiger partial charge on any atom is -0.475 e. The first-order valence-corrected chi connectivity index (χ1v) is 4.33. The van der Waals surface area contributed by atoms with E-state index in [0.29, 0.717) is 6.61 Å². The summed E-state index contributed by atoms with van der Waals surface area (Å²) in [6.45, 7) is 1.99. The molecule has 0 aliphatic rings. The van der Waals surface area contributed by atoms with E-state index in [0.717, 1.165) is 12.8 Å². The normalized spacial score (nSPS) is 11.6. The second-order valence-electron chi connectivity index (χ2n) is 2.64. The van der Waals surface area contributed by atoms with Crippen molar-refractivity contribution < 1.29 is 28.2 Å². The van der Waals surface area contributed by atoms with Gasteiger partial charge < -0.3 is 14.6 Å². The van der Waals surface area contributed by atoms with Gasteiger partial charge in [0, 0.05) is 6.61 Å². The van der Waals surface area contributed by atoms with Crippen LogP contribution >= 0.6 is 0 Å². The van der Waals surface area contributed by atoms with Gasteiger partial charge in [0.15, 0.2) is 0 Å². The van der Waals surface area contributed by atoms with Crippen LogP contribution in [-0.2, 0) is 14.3 Å². The lowest BCUT2D eigenvalue weighted by Crippen LogP contribution is -2.32. The Morgan fingerprint density at radius 1 is 1.36 bits per heavy atom. The van der Waals surface area contributed by atoms with Gasteiger partial charge in [-0.25, -0.2) is 4.79 Å². The van der Waals surface area contributed by atoms with Crippen LogP contribution in [0.1, 0.15) is 19.8 Å². The number of rotatable bonds is 8. The summed E-state index contributed by atoms with van der Waals surface area (Å²) < 4.78 is 33.2. The van der Waals surface area contributed by atoms with Crippen molar-refractivity contribution in [3.05, 3.63) is 0 Å². The van der Waals surface area contributed by atoms with Crippen molar-refractivity contribution in [1.82, 2.24) is 0 Å². The van der Waals surface area contributed by atoms with Crippen molar-refractivity contribution in [2.75, 3.05) is 19.8 Å². The summed E-state index contributed by atoms with van der Waals surface area (Å²) in [5, 5.41) is 7.97. The number of hydrogen-bond acceptors (Lipinski definition) is 3. The maximum atomic E-state index is 12.2. The third-order valence-corrected chi connectivity index (χ3v) is 1.40. The van der Waals surface area contributed by atoms with Crippen LogP contribution in [0.15, 0.2) is 0 Å². The molecule has 0 radical (unpaired) electrons. The Bertz CT molecular complexity index is 173. The fourth-order valence-corrected chi connectivity index (χ4v) is 0.639. The van der Waals surface area contributed by atoms with Crippen LogP contribution in [0.5, 0.6) is 0 Å². The smallest absolute Gasteiger partial charge is 0.456 e. The molecule has 0 aliphatic heterocycles. The van der Waals surface area contributed by atoms with Gasteiger partial charge >= 0.3 is 12.1 Å². The SMILES string of the molecule is CCCCOCCOC(F)(F)C(=O)O. The number of carboxylic acids is 1. The number of hydrogen-bond donors (Lipinski definition) is 1. The molecule has 0 atom stereocenters. The summed E-state index contributed by atoms with van der Waals surface area (Å²) in [4.78, 5) is 9.87. The molecule has 0 spiro atoms. The molecule has 0 amide bonds. The molecule has 1 N–H and O–H groups in total. The molecule has 0 aromatic rings. The van der Waals surface area contributed by atoms with Crippen LogP contribution in [-0.4, -0.2) is 37.0 Å². The van der Waals surface area contributed by atoms with Gasteiger partial charge in [-0.15, -0.1) is 0 Å². The highest BCUT2D eigenvalue weighted by molar-refractivity contribution is 5.73. The Balaban J connectivity index is 3.40. The van der Waals surface area contributed by atoms with Gasteiger partial charge in [0.2, 0.25) is 0 Å². The van der Waals surface area contributed by atoms with Crippen LogP contribution in [0.25, 0.3) is 0 Å². The molecule has 0 aromatic carbocycles. The molecule has 0 rings (SSSR count). The lowest BCUT2D eigenvalue weighted by molar-refractivity contribution is -0.248. The van der Waals surface area contributed by atoms with Gasteiger partial charge in [-0.3, -0.25) is 0 Å². The predicted octanol–water partition coefficient (Wildman–Crippen LogP) is 1.50. The molecule has 4 nitrogen and oxygen atoms in total. The van der Waals surface area contributed by atoms with Gasteiger partial charge in [-0.1, -0.05) is 13.3 Å². The van der Waals surface area contributed by atoms with E-state index < -0.39 is 18.7 Å². The molecule has 0 saturated heterocycles. The summed E-state index contributed by atoms with van der Waals surface area (Å²) in [5.41, 5.74) is 0. The van der Waals surface area contributed by atoms with Gasteiger partial charge in [0.1, 0.15) is 0 Å². The van der Waals surface area contributed by atoms with E-state index in [1.165, 1.54) is 0 Å². The Labute approximate surface area is 80.8 Å². The minimum absolute atomic E-state index is 0.0249. The van der Waals surface area contributed by atoms with Gasteiger partial charge in [0.05, 0.1) is 13.2 Å². The zero-order chi connectivity index (χ0) is 11.0. The summed E-state index contributed by atoms with van der Waals surface area (Å²) >= 11 is 0. The topological polar surface area (TPSA) is 55.8 Å². The number of halogens is 2. The molecule has 0 saturated carbocycles. The van der Waals surface area contributed by atoms with E-state index in [9.17, 15) is 13.6 Å². The summed E-state index contributed by atoms with van der Waals surface area (Å²) in [6, 6.07) is 0. The summed E-state index contributed by atoms with van der Waals surface area (Å²) in [7, 11) is 0. The first-order chi connectivity index (χ1) is 6.50. The highest BCUT2D eigenvalue weighted by atomic mass is 19.3. The Hall–Kier alpha value is -0.750. The lowest BCUT2D eigenvalue weighted by atomic mass is 10.4. The van der Waals surface area contributed by atoms with Crippen LogP contribution in [0.3, 0.4) is 0 Å². The number of alkyl halides is 2. The van der Waals surface area contributed by atoms with Crippen LogP contribution in [0, 0.1) is 0 Å². The van der Waals surface area contributed by atoms with Crippen molar-refractivity contribution in [2.45, 2.75) is 25.9 Å². The van der Waals surface area contributed by atoms with E-state index in [1.54, 1.807) is 0 Å². The standard InChI is InChI=1S/C8H14F2O4/c1-2-3-4-13-5-6-14-8(9,10)7(11)12/h2-6H2,1H3,(H,11,12). The Morgan fingerprint density at radius 2 is 2.00 bits per heavy atom. The number of ether oxygens (including phenoxy) is 2. The van der Waals surface area contributed by atoms with E-state index in [-0.39, 0.29) is 6.61 Å². The summed E-state index contributed by atoms with van der Waals surface area (Å²) in [6.07, 6.45) is -2.32.